The second kappa shape index (κ2) is 3.27. The largest absolute Gasteiger partial charge is 0.480 e. The fraction of sp³-hybridized carbons (Fsp3) is 0.889. The Labute approximate surface area is 77.3 Å². The van der Waals surface area contributed by atoms with Crippen molar-refractivity contribution in [1.29, 1.82) is 0 Å². The zero-order chi connectivity index (χ0) is 9.42. The SMILES string of the molecule is CO[C@H]1[C@@H]2CCC[C@H]2N[C@H]1C(=O)O. The van der Waals surface area contributed by atoms with Gasteiger partial charge >= 0.3 is 5.97 Å². The molecule has 0 aromatic carbocycles. The first-order valence-electron chi connectivity index (χ1n) is 4.75. The van der Waals surface area contributed by atoms with Gasteiger partial charge in [-0.3, -0.25) is 10.1 Å². The van der Waals surface area contributed by atoms with Gasteiger partial charge in [-0.1, -0.05) is 6.42 Å². The van der Waals surface area contributed by atoms with Crippen LogP contribution in [0.2, 0.25) is 0 Å². The van der Waals surface area contributed by atoms with Crippen LogP contribution in [0, 0.1) is 5.92 Å². The summed E-state index contributed by atoms with van der Waals surface area (Å²) >= 11 is 0. The highest BCUT2D eigenvalue weighted by Crippen LogP contribution is 2.36. The van der Waals surface area contributed by atoms with Crippen LogP contribution in [0.15, 0.2) is 0 Å². The predicted octanol–water partition coefficient (Wildman–Crippen LogP) is 0.226. The van der Waals surface area contributed by atoms with E-state index in [9.17, 15) is 4.79 Å². The van der Waals surface area contributed by atoms with E-state index in [-0.39, 0.29) is 6.10 Å². The number of rotatable bonds is 2. The molecule has 0 spiro atoms. The molecule has 0 radical (unpaired) electrons. The number of hydrogen-bond acceptors (Lipinski definition) is 3. The average molecular weight is 185 g/mol. The van der Waals surface area contributed by atoms with Crippen molar-refractivity contribution in [2.45, 2.75) is 37.5 Å². The zero-order valence-corrected chi connectivity index (χ0v) is 7.69. The molecule has 0 aromatic rings. The molecular weight excluding hydrogens is 170 g/mol. The normalized spacial score (nSPS) is 43.5. The number of aliphatic carboxylic acids is 1. The molecule has 1 saturated carbocycles. The van der Waals surface area contributed by atoms with Crippen LogP contribution in [0.25, 0.3) is 0 Å². The van der Waals surface area contributed by atoms with E-state index in [1.807, 2.05) is 0 Å². The zero-order valence-electron chi connectivity index (χ0n) is 7.69. The highest BCUT2D eigenvalue weighted by atomic mass is 16.5. The lowest BCUT2D eigenvalue weighted by Crippen LogP contribution is -2.41. The molecule has 2 fully saturated rings. The molecule has 13 heavy (non-hydrogen) atoms. The molecule has 0 amide bonds. The van der Waals surface area contributed by atoms with Crippen molar-refractivity contribution in [3.8, 4) is 0 Å². The van der Waals surface area contributed by atoms with E-state index < -0.39 is 12.0 Å². The van der Waals surface area contributed by atoms with Crippen molar-refractivity contribution in [3.05, 3.63) is 0 Å². The summed E-state index contributed by atoms with van der Waals surface area (Å²) < 4.78 is 5.26. The van der Waals surface area contributed by atoms with E-state index in [0.29, 0.717) is 12.0 Å². The molecular formula is C9H15NO3. The van der Waals surface area contributed by atoms with Gasteiger partial charge in [-0.2, -0.15) is 0 Å². The fourth-order valence-corrected chi connectivity index (χ4v) is 2.68. The van der Waals surface area contributed by atoms with E-state index in [1.54, 1.807) is 7.11 Å². The Hall–Kier alpha value is -0.610. The summed E-state index contributed by atoms with van der Waals surface area (Å²) in [6.45, 7) is 0. The lowest BCUT2D eigenvalue weighted by molar-refractivity contribution is -0.142. The Morgan fingerprint density at radius 2 is 2.31 bits per heavy atom. The van der Waals surface area contributed by atoms with Gasteiger partial charge in [0.05, 0.1) is 6.10 Å². The topological polar surface area (TPSA) is 58.6 Å². The molecule has 1 heterocycles. The summed E-state index contributed by atoms with van der Waals surface area (Å²) in [4.78, 5) is 10.9. The molecule has 4 heteroatoms. The molecule has 1 aliphatic heterocycles. The number of carbonyl (C=O) groups is 1. The van der Waals surface area contributed by atoms with Crippen molar-refractivity contribution in [3.63, 3.8) is 0 Å². The van der Waals surface area contributed by atoms with Gasteiger partial charge in [0.2, 0.25) is 0 Å². The summed E-state index contributed by atoms with van der Waals surface area (Å²) in [6, 6.07) is -0.133. The van der Waals surface area contributed by atoms with Crippen LogP contribution in [-0.4, -0.2) is 36.4 Å². The Balaban J connectivity index is 2.12. The Bertz CT molecular complexity index is 219. The lowest BCUT2D eigenvalue weighted by Gasteiger charge is -2.18. The van der Waals surface area contributed by atoms with Crippen LogP contribution in [0.1, 0.15) is 19.3 Å². The van der Waals surface area contributed by atoms with E-state index in [4.69, 9.17) is 9.84 Å². The van der Waals surface area contributed by atoms with E-state index in [1.165, 1.54) is 6.42 Å². The van der Waals surface area contributed by atoms with E-state index in [2.05, 4.69) is 5.32 Å². The molecule has 0 aromatic heterocycles. The third-order valence-corrected chi connectivity index (χ3v) is 3.25. The van der Waals surface area contributed by atoms with Gasteiger partial charge in [-0.05, 0) is 12.8 Å². The highest BCUT2D eigenvalue weighted by molar-refractivity contribution is 5.75. The fourth-order valence-electron chi connectivity index (χ4n) is 2.68. The van der Waals surface area contributed by atoms with Gasteiger partial charge < -0.3 is 9.84 Å². The minimum Gasteiger partial charge on any atom is -0.480 e. The molecule has 2 N–H and O–H groups in total. The summed E-state index contributed by atoms with van der Waals surface area (Å²) in [5.41, 5.74) is 0. The van der Waals surface area contributed by atoms with E-state index >= 15 is 0 Å². The number of carboxylic acid groups (broad SMARTS) is 1. The van der Waals surface area contributed by atoms with Gasteiger partial charge in [0.1, 0.15) is 6.04 Å². The van der Waals surface area contributed by atoms with Crippen LogP contribution >= 0.6 is 0 Å². The van der Waals surface area contributed by atoms with Crippen molar-refractivity contribution in [1.82, 2.24) is 5.32 Å². The van der Waals surface area contributed by atoms with Crippen LogP contribution < -0.4 is 5.32 Å². The van der Waals surface area contributed by atoms with Gasteiger partial charge in [0.15, 0.2) is 0 Å². The second-order valence-electron chi connectivity index (χ2n) is 3.88. The molecule has 74 valence electrons. The second-order valence-corrected chi connectivity index (χ2v) is 3.88. The third-order valence-electron chi connectivity index (χ3n) is 3.25. The number of methoxy groups -OCH3 is 1. The van der Waals surface area contributed by atoms with Gasteiger partial charge in [0, 0.05) is 19.1 Å². The minimum absolute atomic E-state index is 0.134. The van der Waals surface area contributed by atoms with Gasteiger partial charge in [-0.25, -0.2) is 0 Å². The summed E-state index contributed by atoms with van der Waals surface area (Å²) in [5.74, 6) is -0.382. The van der Waals surface area contributed by atoms with Crippen molar-refractivity contribution < 1.29 is 14.6 Å². The lowest BCUT2D eigenvalue weighted by atomic mass is 9.98. The Morgan fingerprint density at radius 1 is 1.54 bits per heavy atom. The Morgan fingerprint density at radius 3 is 2.92 bits per heavy atom. The van der Waals surface area contributed by atoms with Crippen LogP contribution in [0.3, 0.4) is 0 Å². The average Bonchev–Trinajstić information content (AvgIpc) is 2.60. The van der Waals surface area contributed by atoms with Gasteiger partial charge in [0.25, 0.3) is 0 Å². The number of carboxylic acids is 1. The van der Waals surface area contributed by atoms with Gasteiger partial charge in [-0.15, -0.1) is 0 Å². The third kappa shape index (κ3) is 1.34. The summed E-state index contributed by atoms with van der Waals surface area (Å²) in [6.07, 6.45) is 3.24. The number of ether oxygens (including phenoxy) is 1. The quantitative estimate of drug-likeness (QED) is 0.646. The van der Waals surface area contributed by atoms with Crippen LogP contribution in [0.5, 0.6) is 0 Å². The molecule has 1 saturated heterocycles. The molecule has 1 aliphatic carbocycles. The molecule has 4 nitrogen and oxygen atoms in total. The summed E-state index contributed by atoms with van der Waals surface area (Å²) in [7, 11) is 1.60. The number of fused-ring (bicyclic) bond motifs is 1. The minimum atomic E-state index is -0.791. The standard InChI is InChI=1S/C9H15NO3/c1-13-8-5-3-2-4-6(5)10-7(8)9(11)12/h5-8,10H,2-4H2,1H3,(H,11,12)/t5-,6-,7-,8+/m1/s1. The first-order chi connectivity index (χ1) is 6.24. The molecule has 2 rings (SSSR count). The maximum atomic E-state index is 10.9. The van der Waals surface area contributed by atoms with Crippen molar-refractivity contribution >= 4 is 5.97 Å². The molecule has 0 bridgehead atoms. The maximum absolute atomic E-state index is 10.9. The smallest absolute Gasteiger partial charge is 0.323 e. The monoisotopic (exact) mass is 185 g/mol. The van der Waals surface area contributed by atoms with Crippen LogP contribution in [-0.2, 0) is 9.53 Å². The van der Waals surface area contributed by atoms with Crippen molar-refractivity contribution in [2.24, 2.45) is 5.92 Å². The molecule has 0 unspecified atom stereocenters. The van der Waals surface area contributed by atoms with Crippen molar-refractivity contribution in [2.75, 3.05) is 7.11 Å². The van der Waals surface area contributed by atoms with Crippen LogP contribution in [0.4, 0.5) is 0 Å². The first-order valence-corrected chi connectivity index (χ1v) is 4.75. The number of nitrogens with one attached hydrogen (secondary N) is 1. The van der Waals surface area contributed by atoms with E-state index in [0.717, 1.165) is 12.8 Å². The summed E-state index contributed by atoms with van der Waals surface area (Å²) in [5, 5.41) is 12.1. The Kier molecular flexibility index (Phi) is 2.26. The first kappa shape index (κ1) is 8.97. The predicted molar refractivity (Wildman–Crippen MR) is 46.5 cm³/mol. The molecule has 2 aliphatic rings. The maximum Gasteiger partial charge on any atom is 0.323 e. The number of hydrogen-bond donors (Lipinski definition) is 2. The highest BCUT2D eigenvalue weighted by Gasteiger charge is 2.48. The molecule has 4 atom stereocenters.